The number of nitrogens with zero attached hydrogens (tertiary/aromatic N) is 3. The molecule has 1 aromatic heterocycles. The van der Waals surface area contributed by atoms with Crippen molar-refractivity contribution in [2.75, 3.05) is 29.2 Å². The van der Waals surface area contributed by atoms with Gasteiger partial charge in [0.15, 0.2) is 13.2 Å². The van der Waals surface area contributed by atoms with Crippen molar-refractivity contribution in [1.29, 1.82) is 0 Å². The fraction of sp³-hybridized carbons (Fsp3) is 0.200. The quantitative estimate of drug-likeness (QED) is 0.455. The number of halogens is 4. The minimum atomic E-state index is -4.58. The Hall–Kier alpha value is -4.16. The number of hydrogen-bond donors (Lipinski definition) is 3. The van der Waals surface area contributed by atoms with Gasteiger partial charge in [-0.2, -0.15) is 28.1 Å². The lowest BCUT2D eigenvalue weighted by molar-refractivity contribution is -0.154. The van der Waals surface area contributed by atoms with Gasteiger partial charge < -0.3 is 25.4 Å². The average molecular weight is 464 g/mol. The number of benzene rings is 2. The zero-order chi connectivity index (χ0) is 23.4. The number of hydrogen-bond acceptors (Lipinski definition) is 8. The summed E-state index contributed by atoms with van der Waals surface area (Å²) in [5.41, 5.74) is 1.53. The molecule has 0 fully saturated rings. The number of carbonyl (C=O) groups excluding carboxylic acids is 1. The predicted octanol–water partition coefficient (Wildman–Crippen LogP) is 3.64. The molecule has 1 aliphatic heterocycles. The largest absolute Gasteiger partial charge is 0.482 e. The van der Waals surface area contributed by atoms with Gasteiger partial charge in [0.05, 0.1) is 5.69 Å². The maximum absolute atomic E-state index is 13.1. The molecule has 33 heavy (non-hydrogen) atoms. The number of nitrogens with one attached hydrogen (secondary N) is 3. The molecule has 2 heterocycles. The third-order valence-corrected chi connectivity index (χ3v) is 4.21. The molecule has 172 valence electrons. The molecular formula is C20H16F4N6O3. The van der Waals surface area contributed by atoms with Gasteiger partial charge in [-0.05, 0) is 35.9 Å². The molecule has 0 radical (unpaired) electrons. The Morgan fingerprint density at radius 3 is 2.58 bits per heavy atom. The summed E-state index contributed by atoms with van der Waals surface area (Å²) in [4.78, 5) is 23.4. The van der Waals surface area contributed by atoms with E-state index >= 15 is 0 Å². The molecule has 0 aliphatic carbocycles. The first kappa shape index (κ1) is 22.0. The summed E-state index contributed by atoms with van der Waals surface area (Å²) in [6.45, 7) is -1.52. The molecule has 0 unspecified atom stereocenters. The van der Waals surface area contributed by atoms with Crippen molar-refractivity contribution in [1.82, 2.24) is 15.0 Å². The number of fused-ring (bicyclic) bond motifs is 1. The van der Waals surface area contributed by atoms with Crippen LogP contribution < -0.4 is 25.4 Å². The highest BCUT2D eigenvalue weighted by Gasteiger charge is 2.29. The third-order valence-electron chi connectivity index (χ3n) is 4.21. The fourth-order valence-electron chi connectivity index (χ4n) is 2.78. The van der Waals surface area contributed by atoms with Gasteiger partial charge in [0.1, 0.15) is 11.6 Å². The van der Waals surface area contributed by atoms with Crippen LogP contribution in [0, 0.1) is 5.82 Å². The molecule has 13 heteroatoms. The highest BCUT2D eigenvalue weighted by molar-refractivity contribution is 5.96. The first-order chi connectivity index (χ1) is 15.7. The van der Waals surface area contributed by atoms with Crippen LogP contribution in [0.1, 0.15) is 5.56 Å². The number of ether oxygens (including phenoxy) is 2. The van der Waals surface area contributed by atoms with Gasteiger partial charge in [-0.15, -0.1) is 0 Å². The number of aromatic nitrogens is 3. The molecule has 9 nitrogen and oxygen atoms in total. The molecule has 2 aromatic carbocycles. The summed E-state index contributed by atoms with van der Waals surface area (Å²) >= 11 is 0. The number of rotatable bonds is 7. The second-order valence-corrected chi connectivity index (χ2v) is 6.82. The van der Waals surface area contributed by atoms with Crippen molar-refractivity contribution in [3.05, 3.63) is 53.8 Å². The number of anilines is 4. The van der Waals surface area contributed by atoms with Gasteiger partial charge in [0.2, 0.25) is 11.9 Å². The molecule has 0 bridgehead atoms. The SMILES string of the molecule is O=C1COc2ccc(Nc3nc(NCc4ccc(F)cc4)nc(OCC(F)(F)F)n3)cc2N1. The topological polar surface area (TPSA) is 110 Å². The maximum Gasteiger partial charge on any atom is 0.422 e. The molecule has 3 N–H and O–H groups in total. The molecule has 0 saturated carbocycles. The first-order valence-electron chi connectivity index (χ1n) is 9.51. The molecular weight excluding hydrogens is 448 g/mol. The van der Waals surface area contributed by atoms with Gasteiger partial charge in [-0.3, -0.25) is 4.79 Å². The number of alkyl halides is 3. The molecule has 1 amide bonds. The molecule has 1 aliphatic rings. The smallest absolute Gasteiger partial charge is 0.422 e. The Morgan fingerprint density at radius 2 is 1.82 bits per heavy atom. The van der Waals surface area contributed by atoms with Gasteiger partial charge in [0.25, 0.3) is 5.91 Å². The summed E-state index contributed by atoms with van der Waals surface area (Å²) in [5.74, 6) is -0.433. The fourth-order valence-corrected chi connectivity index (χ4v) is 2.78. The monoisotopic (exact) mass is 464 g/mol. The van der Waals surface area contributed by atoms with E-state index in [4.69, 9.17) is 4.74 Å². The van der Waals surface area contributed by atoms with Crippen molar-refractivity contribution in [3.63, 3.8) is 0 Å². The lowest BCUT2D eigenvalue weighted by Crippen LogP contribution is -2.25. The van der Waals surface area contributed by atoms with E-state index in [2.05, 4.69) is 35.6 Å². The minimum Gasteiger partial charge on any atom is -0.482 e. The van der Waals surface area contributed by atoms with Crippen LogP contribution in [0.15, 0.2) is 42.5 Å². The van der Waals surface area contributed by atoms with Crippen LogP contribution in [0.3, 0.4) is 0 Å². The van der Waals surface area contributed by atoms with Crippen molar-refractivity contribution in [2.45, 2.75) is 12.7 Å². The van der Waals surface area contributed by atoms with E-state index in [9.17, 15) is 22.4 Å². The van der Waals surface area contributed by atoms with E-state index < -0.39 is 24.6 Å². The Morgan fingerprint density at radius 1 is 1.06 bits per heavy atom. The van der Waals surface area contributed by atoms with Crippen LogP contribution >= 0.6 is 0 Å². The number of carbonyl (C=O) groups is 1. The van der Waals surface area contributed by atoms with Crippen LogP contribution in [0.2, 0.25) is 0 Å². The van der Waals surface area contributed by atoms with Crippen LogP contribution in [0.25, 0.3) is 0 Å². The molecule has 0 saturated heterocycles. The van der Waals surface area contributed by atoms with E-state index in [0.29, 0.717) is 22.7 Å². The molecule has 3 aromatic rings. The van der Waals surface area contributed by atoms with Crippen LogP contribution in [-0.2, 0) is 11.3 Å². The highest BCUT2D eigenvalue weighted by atomic mass is 19.4. The highest BCUT2D eigenvalue weighted by Crippen LogP contribution is 2.31. The lowest BCUT2D eigenvalue weighted by Gasteiger charge is -2.18. The van der Waals surface area contributed by atoms with Crippen LogP contribution in [0.5, 0.6) is 11.8 Å². The zero-order valence-corrected chi connectivity index (χ0v) is 16.7. The minimum absolute atomic E-state index is 0.0661. The second kappa shape index (κ2) is 9.14. The number of amides is 1. The van der Waals surface area contributed by atoms with Crippen molar-refractivity contribution < 1.29 is 31.8 Å². The molecule has 0 atom stereocenters. The van der Waals surface area contributed by atoms with Crippen LogP contribution in [-0.4, -0.2) is 40.2 Å². The van der Waals surface area contributed by atoms with Gasteiger partial charge in [-0.1, -0.05) is 12.1 Å². The molecule has 0 spiro atoms. The van der Waals surface area contributed by atoms with E-state index in [1.54, 1.807) is 18.2 Å². The van der Waals surface area contributed by atoms with E-state index in [0.717, 1.165) is 0 Å². The predicted molar refractivity (Wildman–Crippen MR) is 109 cm³/mol. The second-order valence-electron chi connectivity index (χ2n) is 6.82. The van der Waals surface area contributed by atoms with Crippen LogP contribution in [0.4, 0.5) is 40.8 Å². The Bertz CT molecular complexity index is 1160. The molecule has 4 rings (SSSR count). The summed E-state index contributed by atoms with van der Waals surface area (Å²) < 4.78 is 60.8. The Kier molecular flexibility index (Phi) is 6.11. The van der Waals surface area contributed by atoms with Gasteiger partial charge >= 0.3 is 12.2 Å². The van der Waals surface area contributed by atoms with E-state index in [1.807, 2.05) is 0 Å². The van der Waals surface area contributed by atoms with Crippen molar-refractivity contribution in [3.8, 4) is 11.8 Å². The third kappa shape index (κ3) is 6.18. The maximum atomic E-state index is 13.1. The normalized spacial score (nSPS) is 12.9. The summed E-state index contributed by atoms with van der Waals surface area (Å²) in [7, 11) is 0. The van der Waals surface area contributed by atoms with E-state index in [1.165, 1.54) is 24.3 Å². The van der Waals surface area contributed by atoms with Crippen molar-refractivity contribution in [2.24, 2.45) is 0 Å². The lowest BCUT2D eigenvalue weighted by atomic mass is 10.2. The standard InChI is InChI=1S/C20H16F4N6O3/c21-12-3-1-11(2-4-12)8-25-17-28-18(30-19(29-17)33-10-20(22,23)24)26-13-5-6-15-14(7-13)27-16(31)9-32-15/h1-7H,8-10H2,(H,27,31)(H2,25,26,28,29,30). The van der Waals surface area contributed by atoms with Gasteiger partial charge in [0, 0.05) is 12.2 Å². The summed E-state index contributed by atoms with van der Waals surface area (Å²) in [6, 6.07) is 9.83. The van der Waals surface area contributed by atoms with E-state index in [-0.39, 0.29) is 31.0 Å². The summed E-state index contributed by atoms with van der Waals surface area (Å²) in [5, 5.41) is 8.31. The summed E-state index contributed by atoms with van der Waals surface area (Å²) in [6.07, 6.45) is -4.58. The Labute approximate surface area is 184 Å². The first-order valence-corrected chi connectivity index (χ1v) is 9.51. The Balaban J connectivity index is 1.55. The van der Waals surface area contributed by atoms with Gasteiger partial charge in [-0.25, -0.2) is 4.39 Å². The zero-order valence-electron chi connectivity index (χ0n) is 16.7. The average Bonchev–Trinajstić information content (AvgIpc) is 2.76. The van der Waals surface area contributed by atoms with Crippen molar-refractivity contribution >= 4 is 29.2 Å².